The molecular formula is C10H17N3O. The van der Waals surface area contributed by atoms with E-state index in [0.717, 1.165) is 17.8 Å². The smallest absolute Gasteiger partial charge is 0.316 e. The summed E-state index contributed by atoms with van der Waals surface area (Å²) in [7, 11) is 1.57. The van der Waals surface area contributed by atoms with Gasteiger partial charge in [-0.2, -0.15) is 0 Å². The molecule has 0 spiro atoms. The van der Waals surface area contributed by atoms with Gasteiger partial charge in [0, 0.05) is 30.0 Å². The Balaban J connectivity index is 2.69. The molecule has 0 unspecified atom stereocenters. The van der Waals surface area contributed by atoms with Crippen LogP contribution in [-0.4, -0.2) is 23.1 Å². The van der Waals surface area contributed by atoms with Crippen LogP contribution in [0.3, 0.4) is 0 Å². The molecule has 0 amide bonds. The standard InChI is InChI=1S/C10H17N3O/c1-7(2)11-5-9-6-12-10(14-4)13-8(9)3/h6-7,11H,5H2,1-4H3. The van der Waals surface area contributed by atoms with Crippen molar-refractivity contribution in [1.82, 2.24) is 15.3 Å². The quantitative estimate of drug-likeness (QED) is 0.786. The largest absolute Gasteiger partial charge is 0.467 e. The summed E-state index contributed by atoms with van der Waals surface area (Å²) < 4.78 is 4.93. The summed E-state index contributed by atoms with van der Waals surface area (Å²) in [6.07, 6.45) is 1.80. The SMILES string of the molecule is COc1ncc(CNC(C)C)c(C)n1. The van der Waals surface area contributed by atoms with Gasteiger partial charge in [0.1, 0.15) is 0 Å². The molecule has 1 heterocycles. The zero-order valence-electron chi connectivity index (χ0n) is 9.16. The zero-order valence-corrected chi connectivity index (χ0v) is 9.16. The van der Waals surface area contributed by atoms with Gasteiger partial charge in [0.2, 0.25) is 0 Å². The molecule has 0 aliphatic carbocycles. The highest BCUT2D eigenvalue weighted by Crippen LogP contribution is 2.07. The fourth-order valence-electron chi connectivity index (χ4n) is 1.06. The zero-order chi connectivity index (χ0) is 10.6. The number of hydrogen-bond acceptors (Lipinski definition) is 4. The van der Waals surface area contributed by atoms with Crippen molar-refractivity contribution in [3.05, 3.63) is 17.5 Å². The highest BCUT2D eigenvalue weighted by Gasteiger charge is 2.03. The van der Waals surface area contributed by atoms with Crippen LogP contribution in [0.4, 0.5) is 0 Å². The second-order valence-corrected chi connectivity index (χ2v) is 3.50. The molecule has 0 bridgehead atoms. The topological polar surface area (TPSA) is 47.0 Å². The minimum atomic E-state index is 0.427. The minimum absolute atomic E-state index is 0.427. The van der Waals surface area contributed by atoms with Crippen molar-refractivity contribution >= 4 is 0 Å². The predicted molar refractivity (Wildman–Crippen MR) is 55.3 cm³/mol. The van der Waals surface area contributed by atoms with E-state index in [2.05, 4.69) is 29.1 Å². The molecule has 0 aliphatic heterocycles. The van der Waals surface area contributed by atoms with E-state index in [0.29, 0.717) is 12.1 Å². The van der Waals surface area contributed by atoms with Crippen LogP contribution in [0.2, 0.25) is 0 Å². The lowest BCUT2D eigenvalue weighted by atomic mass is 10.2. The molecule has 14 heavy (non-hydrogen) atoms. The molecule has 0 fully saturated rings. The molecule has 4 nitrogen and oxygen atoms in total. The highest BCUT2D eigenvalue weighted by molar-refractivity contribution is 5.17. The number of rotatable bonds is 4. The molecule has 0 saturated carbocycles. The Labute approximate surface area is 84.7 Å². The maximum Gasteiger partial charge on any atom is 0.316 e. The maximum atomic E-state index is 4.93. The predicted octanol–water partition coefficient (Wildman–Crippen LogP) is 1.29. The van der Waals surface area contributed by atoms with Crippen molar-refractivity contribution in [2.45, 2.75) is 33.4 Å². The van der Waals surface area contributed by atoms with Crippen LogP contribution in [0.5, 0.6) is 6.01 Å². The van der Waals surface area contributed by atoms with Gasteiger partial charge in [-0.05, 0) is 6.92 Å². The lowest BCUT2D eigenvalue weighted by Gasteiger charge is -2.09. The molecule has 0 atom stereocenters. The molecule has 0 saturated heterocycles. The van der Waals surface area contributed by atoms with Crippen molar-refractivity contribution < 1.29 is 4.74 Å². The molecule has 1 aromatic rings. The van der Waals surface area contributed by atoms with Crippen LogP contribution in [0.15, 0.2) is 6.20 Å². The van der Waals surface area contributed by atoms with Crippen LogP contribution in [0, 0.1) is 6.92 Å². The third-order valence-corrected chi connectivity index (χ3v) is 1.94. The monoisotopic (exact) mass is 195 g/mol. The number of aromatic nitrogens is 2. The molecule has 0 aromatic carbocycles. The fraction of sp³-hybridized carbons (Fsp3) is 0.600. The first-order valence-corrected chi connectivity index (χ1v) is 4.73. The Morgan fingerprint density at radius 2 is 2.21 bits per heavy atom. The Morgan fingerprint density at radius 3 is 2.71 bits per heavy atom. The van der Waals surface area contributed by atoms with E-state index in [1.807, 2.05) is 6.92 Å². The third-order valence-electron chi connectivity index (χ3n) is 1.94. The van der Waals surface area contributed by atoms with Gasteiger partial charge in [-0.25, -0.2) is 9.97 Å². The van der Waals surface area contributed by atoms with Crippen LogP contribution in [-0.2, 0) is 6.54 Å². The van der Waals surface area contributed by atoms with E-state index in [1.54, 1.807) is 13.3 Å². The van der Waals surface area contributed by atoms with Crippen LogP contribution in [0.1, 0.15) is 25.1 Å². The molecule has 0 aliphatic rings. The number of hydrogen-bond donors (Lipinski definition) is 1. The average Bonchev–Trinajstić information content (AvgIpc) is 2.15. The van der Waals surface area contributed by atoms with Crippen LogP contribution >= 0.6 is 0 Å². The fourth-order valence-corrected chi connectivity index (χ4v) is 1.06. The van der Waals surface area contributed by atoms with Crippen LogP contribution in [0.25, 0.3) is 0 Å². The van der Waals surface area contributed by atoms with E-state index < -0.39 is 0 Å². The Bertz CT molecular complexity index is 299. The summed E-state index contributed by atoms with van der Waals surface area (Å²) in [5.74, 6) is 0. The van der Waals surface area contributed by atoms with Gasteiger partial charge in [-0.3, -0.25) is 0 Å². The average molecular weight is 195 g/mol. The number of aryl methyl sites for hydroxylation is 1. The lowest BCUT2D eigenvalue weighted by Crippen LogP contribution is -2.22. The first kappa shape index (κ1) is 10.9. The molecule has 1 aromatic heterocycles. The van der Waals surface area contributed by atoms with Gasteiger partial charge in [0.25, 0.3) is 0 Å². The van der Waals surface area contributed by atoms with Gasteiger partial charge in [0.15, 0.2) is 0 Å². The summed E-state index contributed by atoms with van der Waals surface area (Å²) >= 11 is 0. The first-order chi connectivity index (χ1) is 6.63. The highest BCUT2D eigenvalue weighted by atomic mass is 16.5. The Kier molecular flexibility index (Phi) is 3.83. The van der Waals surface area contributed by atoms with Gasteiger partial charge >= 0.3 is 6.01 Å². The van der Waals surface area contributed by atoms with E-state index in [4.69, 9.17) is 4.74 Å². The van der Waals surface area contributed by atoms with Gasteiger partial charge in [0.05, 0.1) is 7.11 Å². The molecule has 78 valence electrons. The third kappa shape index (κ3) is 2.96. The number of nitrogens with one attached hydrogen (secondary N) is 1. The van der Waals surface area contributed by atoms with Gasteiger partial charge in [-0.15, -0.1) is 0 Å². The number of methoxy groups -OCH3 is 1. The summed E-state index contributed by atoms with van der Waals surface area (Å²) in [6, 6.07) is 0.896. The number of nitrogens with zero attached hydrogens (tertiary/aromatic N) is 2. The lowest BCUT2D eigenvalue weighted by molar-refractivity contribution is 0.377. The van der Waals surface area contributed by atoms with E-state index >= 15 is 0 Å². The van der Waals surface area contributed by atoms with Crippen molar-refractivity contribution in [3.8, 4) is 6.01 Å². The van der Waals surface area contributed by atoms with Crippen molar-refractivity contribution in [1.29, 1.82) is 0 Å². The van der Waals surface area contributed by atoms with E-state index in [9.17, 15) is 0 Å². The molecule has 1 N–H and O–H groups in total. The minimum Gasteiger partial charge on any atom is -0.467 e. The summed E-state index contributed by atoms with van der Waals surface area (Å²) in [5.41, 5.74) is 2.07. The van der Waals surface area contributed by atoms with Crippen LogP contribution < -0.4 is 10.1 Å². The summed E-state index contributed by atoms with van der Waals surface area (Å²) in [4.78, 5) is 8.26. The van der Waals surface area contributed by atoms with Crippen molar-refractivity contribution in [2.24, 2.45) is 0 Å². The Morgan fingerprint density at radius 1 is 1.50 bits per heavy atom. The Hall–Kier alpha value is -1.16. The number of ether oxygens (including phenoxy) is 1. The molecule has 0 radical (unpaired) electrons. The maximum absolute atomic E-state index is 4.93. The summed E-state index contributed by atoms with van der Waals surface area (Å²) in [5, 5.41) is 3.32. The molecular weight excluding hydrogens is 178 g/mol. The molecule has 4 heteroatoms. The second-order valence-electron chi connectivity index (χ2n) is 3.50. The van der Waals surface area contributed by atoms with Gasteiger partial charge < -0.3 is 10.1 Å². The van der Waals surface area contributed by atoms with Gasteiger partial charge in [-0.1, -0.05) is 13.8 Å². The molecule has 1 rings (SSSR count). The normalized spacial score (nSPS) is 10.6. The van der Waals surface area contributed by atoms with E-state index in [-0.39, 0.29) is 0 Å². The van der Waals surface area contributed by atoms with Crippen molar-refractivity contribution in [3.63, 3.8) is 0 Å². The van der Waals surface area contributed by atoms with Crippen molar-refractivity contribution in [2.75, 3.05) is 7.11 Å². The van der Waals surface area contributed by atoms with E-state index in [1.165, 1.54) is 0 Å². The first-order valence-electron chi connectivity index (χ1n) is 4.73. The summed E-state index contributed by atoms with van der Waals surface area (Å²) in [6.45, 7) is 6.98. The second kappa shape index (κ2) is 4.91.